The van der Waals surface area contributed by atoms with E-state index in [4.69, 9.17) is 0 Å². The molecule has 1 atom stereocenters. The molecule has 1 aromatic rings. The summed E-state index contributed by atoms with van der Waals surface area (Å²) in [4.78, 5) is 0. The van der Waals surface area contributed by atoms with E-state index < -0.39 is 6.10 Å². The summed E-state index contributed by atoms with van der Waals surface area (Å²) in [5.74, 6) is -0.263. The number of benzene rings is 1. The molecule has 16 heavy (non-hydrogen) atoms. The Balaban J connectivity index is 1.88. The first-order valence-electron chi connectivity index (χ1n) is 5.50. The molecule has 0 amide bonds. The summed E-state index contributed by atoms with van der Waals surface area (Å²) in [7, 11) is 0. The first kappa shape index (κ1) is 12.0. The minimum Gasteiger partial charge on any atom is -0.391 e. The highest BCUT2D eigenvalue weighted by Crippen LogP contribution is 2.21. The van der Waals surface area contributed by atoms with Crippen molar-refractivity contribution in [3.05, 3.63) is 34.1 Å². The van der Waals surface area contributed by atoms with Crippen molar-refractivity contribution < 1.29 is 9.50 Å². The summed E-state index contributed by atoms with van der Waals surface area (Å²) in [6.07, 6.45) is 2.42. The fourth-order valence-electron chi connectivity index (χ4n) is 1.62. The summed E-state index contributed by atoms with van der Waals surface area (Å²) in [6, 6.07) is 5.13. The predicted molar refractivity (Wildman–Crippen MR) is 64.8 cm³/mol. The zero-order valence-electron chi connectivity index (χ0n) is 8.92. The largest absolute Gasteiger partial charge is 0.391 e. The van der Waals surface area contributed by atoms with E-state index in [2.05, 4.69) is 21.2 Å². The van der Waals surface area contributed by atoms with Crippen molar-refractivity contribution in [3.63, 3.8) is 0 Å². The lowest BCUT2D eigenvalue weighted by Gasteiger charge is -2.12. The van der Waals surface area contributed by atoms with E-state index in [1.807, 2.05) is 0 Å². The van der Waals surface area contributed by atoms with Gasteiger partial charge >= 0.3 is 0 Å². The van der Waals surface area contributed by atoms with Crippen LogP contribution < -0.4 is 5.32 Å². The minimum atomic E-state index is -0.460. The molecule has 0 bridgehead atoms. The van der Waals surface area contributed by atoms with Gasteiger partial charge in [-0.3, -0.25) is 0 Å². The lowest BCUT2D eigenvalue weighted by Crippen LogP contribution is -2.29. The van der Waals surface area contributed by atoms with Crippen LogP contribution in [0.2, 0.25) is 0 Å². The van der Waals surface area contributed by atoms with Crippen molar-refractivity contribution in [2.75, 3.05) is 6.54 Å². The molecule has 0 spiro atoms. The number of nitrogens with one attached hydrogen (secondary N) is 1. The van der Waals surface area contributed by atoms with Crippen molar-refractivity contribution in [3.8, 4) is 0 Å². The van der Waals surface area contributed by atoms with Crippen LogP contribution in [0.3, 0.4) is 0 Å². The maximum Gasteiger partial charge on any atom is 0.123 e. The van der Waals surface area contributed by atoms with E-state index in [1.54, 1.807) is 6.07 Å². The van der Waals surface area contributed by atoms with Gasteiger partial charge in [-0.1, -0.05) is 15.9 Å². The quantitative estimate of drug-likeness (QED) is 0.871. The Kier molecular flexibility index (Phi) is 3.95. The number of halogens is 2. The monoisotopic (exact) mass is 287 g/mol. The lowest BCUT2D eigenvalue weighted by atomic mass is 10.1. The smallest absolute Gasteiger partial charge is 0.123 e. The Morgan fingerprint density at radius 1 is 1.50 bits per heavy atom. The van der Waals surface area contributed by atoms with E-state index in [0.29, 0.717) is 19.0 Å². The molecule has 0 saturated heterocycles. The highest BCUT2D eigenvalue weighted by molar-refractivity contribution is 9.10. The van der Waals surface area contributed by atoms with Gasteiger partial charge in [-0.15, -0.1) is 0 Å². The van der Waals surface area contributed by atoms with Gasteiger partial charge in [0.1, 0.15) is 5.82 Å². The highest BCUT2D eigenvalue weighted by Gasteiger charge is 2.21. The van der Waals surface area contributed by atoms with Crippen molar-refractivity contribution in [2.45, 2.75) is 31.4 Å². The Morgan fingerprint density at radius 3 is 2.94 bits per heavy atom. The third-order valence-electron chi connectivity index (χ3n) is 2.68. The molecular weight excluding hydrogens is 273 g/mol. The van der Waals surface area contributed by atoms with Crippen molar-refractivity contribution >= 4 is 15.9 Å². The Labute approximate surface area is 103 Å². The molecule has 0 radical (unpaired) electrons. The summed E-state index contributed by atoms with van der Waals surface area (Å²) in [5, 5.41) is 13.0. The number of aliphatic hydroxyl groups is 1. The fourth-order valence-corrected chi connectivity index (χ4v) is 2.02. The van der Waals surface area contributed by atoms with Crippen LogP contribution in [0.25, 0.3) is 0 Å². The molecule has 1 unspecified atom stereocenters. The topological polar surface area (TPSA) is 32.3 Å². The lowest BCUT2D eigenvalue weighted by molar-refractivity contribution is 0.171. The molecule has 1 saturated carbocycles. The first-order valence-corrected chi connectivity index (χ1v) is 6.30. The molecule has 88 valence electrons. The standard InChI is InChI=1S/C12H15BrFNO/c13-12-4-1-9(14)5-8(12)6-11(16)7-15-10-2-3-10/h1,4-5,10-11,15-16H,2-3,6-7H2. The Bertz CT molecular complexity index is 368. The van der Waals surface area contributed by atoms with Crippen LogP contribution in [0.1, 0.15) is 18.4 Å². The Morgan fingerprint density at radius 2 is 2.25 bits per heavy atom. The maximum atomic E-state index is 13.0. The third-order valence-corrected chi connectivity index (χ3v) is 3.46. The molecule has 1 fully saturated rings. The van der Waals surface area contributed by atoms with E-state index in [1.165, 1.54) is 25.0 Å². The summed E-state index contributed by atoms with van der Waals surface area (Å²) in [5.41, 5.74) is 0.810. The van der Waals surface area contributed by atoms with Crippen LogP contribution in [0.5, 0.6) is 0 Å². The molecule has 0 aliphatic heterocycles. The van der Waals surface area contributed by atoms with Gasteiger partial charge in [0, 0.05) is 23.5 Å². The second-order valence-corrected chi connectivity index (χ2v) is 5.13. The fraction of sp³-hybridized carbons (Fsp3) is 0.500. The molecule has 2 nitrogen and oxygen atoms in total. The first-order chi connectivity index (χ1) is 7.65. The molecule has 0 aromatic heterocycles. The van der Waals surface area contributed by atoms with Gasteiger partial charge in [-0.2, -0.15) is 0 Å². The van der Waals surface area contributed by atoms with Gasteiger partial charge in [-0.25, -0.2) is 4.39 Å². The van der Waals surface area contributed by atoms with Crippen LogP contribution in [0.4, 0.5) is 4.39 Å². The predicted octanol–water partition coefficient (Wildman–Crippen LogP) is 2.24. The maximum absolute atomic E-state index is 13.0. The molecular formula is C12H15BrFNO. The van der Waals surface area contributed by atoms with Crippen LogP contribution >= 0.6 is 15.9 Å². The summed E-state index contributed by atoms with van der Waals surface area (Å²) >= 11 is 3.35. The number of hydrogen-bond acceptors (Lipinski definition) is 2. The van der Waals surface area contributed by atoms with Crippen LogP contribution in [0, 0.1) is 5.82 Å². The molecule has 1 aliphatic carbocycles. The van der Waals surface area contributed by atoms with Crippen LogP contribution in [0.15, 0.2) is 22.7 Å². The molecule has 0 heterocycles. The van der Waals surface area contributed by atoms with Gasteiger partial charge in [-0.05, 0) is 36.6 Å². The Hall–Kier alpha value is -0.450. The zero-order valence-corrected chi connectivity index (χ0v) is 10.5. The van der Waals surface area contributed by atoms with Gasteiger partial charge in [0.2, 0.25) is 0 Å². The normalized spacial score (nSPS) is 17.4. The highest BCUT2D eigenvalue weighted by atomic mass is 79.9. The summed E-state index contributed by atoms with van der Waals surface area (Å²) < 4.78 is 13.9. The number of aliphatic hydroxyl groups excluding tert-OH is 1. The average Bonchev–Trinajstić information content (AvgIpc) is 3.04. The van der Waals surface area contributed by atoms with Gasteiger partial charge in [0.25, 0.3) is 0 Å². The number of hydrogen-bond donors (Lipinski definition) is 2. The molecule has 1 aliphatic rings. The van der Waals surface area contributed by atoms with E-state index >= 15 is 0 Å². The van der Waals surface area contributed by atoms with E-state index in [9.17, 15) is 9.50 Å². The third kappa shape index (κ3) is 3.54. The molecule has 2 N–H and O–H groups in total. The summed E-state index contributed by atoms with van der Waals surface area (Å²) in [6.45, 7) is 0.577. The second-order valence-electron chi connectivity index (χ2n) is 4.28. The van der Waals surface area contributed by atoms with Gasteiger partial charge in [0.15, 0.2) is 0 Å². The average molecular weight is 288 g/mol. The second kappa shape index (κ2) is 5.25. The van der Waals surface area contributed by atoms with Crippen molar-refractivity contribution in [1.82, 2.24) is 5.32 Å². The number of rotatable bonds is 5. The van der Waals surface area contributed by atoms with Crippen molar-refractivity contribution in [2.24, 2.45) is 0 Å². The van der Waals surface area contributed by atoms with E-state index in [0.717, 1.165) is 10.0 Å². The van der Waals surface area contributed by atoms with Crippen molar-refractivity contribution in [1.29, 1.82) is 0 Å². The molecule has 2 rings (SSSR count). The zero-order chi connectivity index (χ0) is 11.5. The van der Waals surface area contributed by atoms with Gasteiger partial charge < -0.3 is 10.4 Å². The molecule has 1 aromatic carbocycles. The SMILES string of the molecule is OC(CNC1CC1)Cc1cc(F)ccc1Br. The van der Waals surface area contributed by atoms with Gasteiger partial charge in [0.05, 0.1) is 6.10 Å². The molecule has 4 heteroatoms. The minimum absolute atomic E-state index is 0.263. The van der Waals surface area contributed by atoms with Crippen LogP contribution in [-0.4, -0.2) is 23.8 Å². The van der Waals surface area contributed by atoms with E-state index in [-0.39, 0.29) is 5.82 Å². The van der Waals surface area contributed by atoms with Crippen LogP contribution in [-0.2, 0) is 6.42 Å².